The summed E-state index contributed by atoms with van der Waals surface area (Å²) in [4.78, 5) is 2.47. The lowest BCUT2D eigenvalue weighted by molar-refractivity contribution is 0.669. The molecule has 3 nitrogen and oxygen atoms in total. The van der Waals surface area contributed by atoms with Crippen molar-refractivity contribution >= 4 is 71.5 Å². The Labute approximate surface area is 395 Å². The average Bonchev–Trinajstić information content (AvgIpc) is 3.95. The molecule has 0 spiro atoms. The molecule has 10 aromatic carbocycles. The van der Waals surface area contributed by atoms with Crippen LogP contribution in [0.2, 0.25) is 0 Å². The summed E-state index contributed by atoms with van der Waals surface area (Å²) < 4.78 is 8.72. The maximum Gasteiger partial charge on any atom is 0.136 e. The highest BCUT2D eigenvalue weighted by Gasteiger charge is 2.26. The van der Waals surface area contributed by atoms with Crippen molar-refractivity contribution in [3.05, 3.63) is 254 Å². The van der Waals surface area contributed by atoms with Gasteiger partial charge in [-0.15, -0.1) is 0 Å². The molecule has 0 radical (unpaired) electrons. The maximum atomic E-state index is 6.32. The van der Waals surface area contributed by atoms with Crippen molar-refractivity contribution in [3.63, 3.8) is 0 Å². The Morgan fingerprint density at radius 2 is 1.01 bits per heavy atom. The van der Waals surface area contributed by atoms with Gasteiger partial charge in [-0.05, 0) is 123 Å². The Bertz CT molecular complexity index is 3920. The van der Waals surface area contributed by atoms with Crippen molar-refractivity contribution < 1.29 is 4.42 Å². The number of furan rings is 1. The Kier molecular flexibility index (Phi) is 9.54. The van der Waals surface area contributed by atoms with Crippen LogP contribution in [0, 0.1) is 5.92 Å². The maximum absolute atomic E-state index is 6.32. The lowest BCUT2D eigenvalue weighted by Gasteiger charge is -2.33. The van der Waals surface area contributed by atoms with E-state index in [-0.39, 0.29) is 0 Å². The normalized spacial score (nSPS) is 13.9. The molecule has 13 rings (SSSR count). The van der Waals surface area contributed by atoms with Gasteiger partial charge in [0.1, 0.15) is 11.2 Å². The van der Waals surface area contributed by atoms with Gasteiger partial charge in [0.25, 0.3) is 0 Å². The minimum Gasteiger partial charge on any atom is -0.456 e. The molecule has 322 valence electrons. The lowest BCUT2D eigenvalue weighted by atomic mass is 9.85. The van der Waals surface area contributed by atoms with Crippen molar-refractivity contribution in [3.8, 4) is 39.1 Å². The van der Waals surface area contributed by atoms with E-state index in [1.165, 1.54) is 71.7 Å². The first-order chi connectivity index (χ1) is 33.6. The molecule has 0 aliphatic heterocycles. The summed E-state index contributed by atoms with van der Waals surface area (Å²) >= 11 is 0. The first kappa shape index (κ1) is 39.7. The highest BCUT2D eigenvalue weighted by Crippen LogP contribution is 2.46. The quantitative estimate of drug-likeness (QED) is 0.152. The number of fused-ring (bicyclic) bond motifs is 7. The number of aromatic nitrogens is 1. The van der Waals surface area contributed by atoms with E-state index >= 15 is 0 Å². The van der Waals surface area contributed by atoms with E-state index in [0.29, 0.717) is 5.92 Å². The monoisotopic (exact) mass is 870 g/mol. The highest BCUT2D eigenvalue weighted by molar-refractivity contribution is 6.13. The Balaban J connectivity index is 0.960. The summed E-state index contributed by atoms with van der Waals surface area (Å²) in [6, 6.07) is 83.7. The molecule has 1 atom stereocenters. The number of anilines is 2. The van der Waals surface area contributed by atoms with Crippen molar-refractivity contribution in [2.45, 2.75) is 13.3 Å². The number of rotatable bonds is 8. The Morgan fingerprint density at radius 3 is 1.78 bits per heavy atom. The van der Waals surface area contributed by atoms with Gasteiger partial charge in [0.2, 0.25) is 0 Å². The van der Waals surface area contributed by atoms with Crippen LogP contribution in [-0.2, 0) is 0 Å². The second kappa shape index (κ2) is 16.3. The van der Waals surface area contributed by atoms with Gasteiger partial charge < -0.3 is 13.9 Å². The number of hydrogen-bond acceptors (Lipinski definition) is 2. The van der Waals surface area contributed by atoms with Crippen molar-refractivity contribution in [1.29, 1.82) is 0 Å². The minimum absolute atomic E-state index is 0.367. The van der Waals surface area contributed by atoms with Gasteiger partial charge in [0, 0.05) is 49.9 Å². The molecule has 0 bridgehead atoms. The third-order valence-electron chi connectivity index (χ3n) is 13.9. The molecule has 0 N–H and O–H groups in total. The molecule has 68 heavy (non-hydrogen) atoms. The van der Waals surface area contributed by atoms with Crippen LogP contribution < -0.4 is 4.90 Å². The number of allylic oxidation sites excluding steroid dienone is 3. The molecule has 3 heteroatoms. The van der Waals surface area contributed by atoms with Crippen LogP contribution in [0.5, 0.6) is 0 Å². The second-order valence-electron chi connectivity index (χ2n) is 18.1. The van der Waals surface area contributed by atoms with Crippen LogP contribution in [0.3, 0.4) is 0 Å². The van der Waals surface area contributed by atoms with E-state index in [0.717, 1.165) is 56.5 Å². The average molecular weight is 871 g/mol. The summed E-state index contributed by atoms with van der Waals surface area (Å²) in [5.74, 6) is 0.367. The molecule has 2 aromatic heterocycles. The molecule has 0 amide bonds. The van der Waals surface area contributed by atoms with Gasteiger partial charge in [0.05, 0.1) is 11.0 Å². The SMILES string of the molecule is CC1C=C(c2cccc3cccc(-c4ccccc4)c23)C(N(c2ccc(-c3ccc4c5ccccc5n(-c5ccccc5)c4c3)cc2)c2ccc(-c3cccc4oc5ccccc5c34)cc2)=CC1. The van der Waals surface area contributed by atoms with Crippen molar-refractivity contribution in [1.82, 2.24) is 4.57 Å². The third-order valence-corrected chi connectivity index (χ3v) is 13.9. The minimum atomic E-state index is 0.367. The van der Waals surface area contributed by atoms with Gasteiger partial charge in [-0.1, -0.05) is 189 Å². The molecule has 1 aliphatic carbocycles. The predicted molar refractivity (Wildman–Crippen MR) is 287 cm³/mol. The van der Waals surface area contributed by atoms with Gasteiger partial charge in [-0.25, -0.2) is 0 Å². The zero-order valence-electron chi connectivity index (χ0n) is 37.7. The summed E-state index contributed by atoms with van der Waals surface area (Å²) in [6.07, 6.45) is 5.89. The standard InChI is InChI=1S/C65H46N2O/c1-43-29-40-60(58(41-43)56-25-13-18-47-17-12-23-52(64(47)56)45-15-4-2-5-16-45)66(51-37-32-46(33-38-51)53-24-14-28-63-65(53)57-22-9-11-27-62(57)68-63)50-35-30-44(31-36-50)48-34-39-55-54-21-8-10-26-59(54)67(61(55)42-48)49-19-6-3-7-20-49/h2-28,30-43H,29H2,1H3. The van der Waals surface area contributed by atoms with Crippen LogP contribution in [0.25, 0.3) is 99.2 Å². The number of hydrogen-bond donors (Lipinski definition) is 0. The topological polar surface area (TPSA) is 21.3 Å². The van der Waals surface area contributed by atoms with E-state index in [4.69, 9.17) is 4.42 Å². The first-order valence-corrected chi connectivity index (χ1v) is 23.6. The fraction of sp³-hybridized carbons (Fsp3) is 0.0462. The summed E-state index contributed by atoms with van der Waals surface area (Å²) in [6.45, 7) is 2.33. The number of para-hydroxylation sites is 3. The molecule has 1 aliphatic rings. The number of nitrogens with zero attached hydrogens (tertiary/aromatic N) is 2. The van der Waals surface area contributed by atoms with E-state index in [2.05, 4.69) is 253 Å². The molecule has 12 aromatic rings. The summed E-state index contributed by atoms with van der Waals surface area (Å²) in [7, 11) is 0. The zero-order chi connectivity index (χ0) is 45.1. The van der Waals surface area contributed by atoms with Crippen LogP contribution in [0.4, 0.5) is 11.4 Å². The fourth-order valence-corrected chi connectivity index (χ4v) is 10.7. The number of benzene rings is 10. The van der Waals surface area contributed by atoms with Gasteiger partial charge in [-0.2, -0.15) is 0 Å². The van der Waals surface area contributed by atoms with E-state index in [1.807, 2.05) is 6.07 Å². The molecular formula is C65H46N2O. The predicted octanol–water partition coefficient (Wildman–Crippen LogP) is 18.0. The largest absolute Gasteiger partial charge is 0.456 e. The van der Waals surface area contributed by atoms with Crippen LogP contribution in [0.1, 0.15) is 18.9 Å². The van der Waals surface area contributed by atoms with Crippen LogP contribution in [-0.4, -0.2) is 4.57 Å². The molecular weight excluding hydrogens is 825 g/mol. The third kappa shape index (κ3) is 6.66. The smallest absolute Gasteiger partial charge is 0.136 e. The first-order valence-electron chi connectivity index (χ1n) is 23.6. The van der Waals surface area contributed by atoms with E-state index in [9.17, 15) is 0 Å². The fourth-order valence-electron chi connectivity index (χ4n) is 10.7. The van der Waals surface area contributed by atoms with Gasteiger partial charge in [-0.3, -0.25) is 0 Å². The zero-order valence-corrected chi connectivity index (χ0v) is 37.7. The Hall–Kier alpha value is -8.66. The molecule has 2 heterocycles. The molecule has 0 saturated heterocycles. The van der Waals surface area contributed by atoms with E-state index in [1.54, 1.807) is 0 Å². The van der Waals surface area contributed by atoms with E-state index < -0.39 is 0 Å². The molecule has 1 unspecified atom stereocenters. The summed E-state index contributed by atoms with van der Waals surface area (Å²) in [5, 5.41) is 7.27. The van der Waals surface area contributed by atoms with Crippen molar-refractivity contribution in [2.75, 3.05) is 4.90 Å². The Morgan fingerprint density at radius 1 is 0.441 bits per heavy atom. The lowest BCUT2D eigenvalue weighted by Crippen LogP contribution is -2.20. The molecule has 0 fully saturated rings. The van der Waals surface area contributed by atoms with Crippen LogP contribution in [0.15, 0.2) is 253 Å². The second-order valence-corrected chi connectivity index (χ2v) is 18.1. The highest BCUT2D eigenvalue weighted by atomic mass is 16.3. The van der Waals surface area contributed by atoms with Crippen LogP contribution >= 0.6 is 0 Å². The summed E-state index contributed by atoms with van der Waals surface area (Å²) in [5.41, 5.74) is 18.3. The van der Waals surface area contributed by atoms with Gasteiger partial charge in [0.15, 0.2) is 0 Å². The molecule has 0 saturated carbocycles. The van der Waals surface area contributed by atoms with Gasteiger partial charge >= 0.3 is 0 Å². The van der Waals surface area contributed by atoms with Crippen molar-refractivity contribution in [2.24, 2.45) is 5.92 Å².